The quantitative estimate of drug-likeness (QED) is 0.427. The Morgan fingerprint density at radius 3 is 1.88 bits per heavy atom. The largest absolute Gasteiger partial charge is 0.387 e. The second-order valence-electron chi connectivity index (χ2n) is 7.80. The number of rotatable bonds is 8. The molecule has 0 spiro atoms. The van der Waals surface area contributed by atoms with Crippen LogP contribution < -0.4 is 0 Å². The lowest BCUT2D eigenvalue weighted by atomic mass is 9.89. The molecule has 0 aliphatic carbocycles. The van der Waals surface area contributed by atoms with Gasteiger partial charge in [-0.2, -0.15) is 16.8 Å². The van der Waals surface area contributed by atoms with Crippen LogP contribution in [0, 0.1) is 13.8 Å². The van der Waals surface area contributed by atoms with Crippen LogP contribution in [0.2, 0.25) is 0 Å². The van der Waals surface area contributed by atoms with Gasteiger partial charge in [0.15, 0.2) is 0 Å². The molecule has 3 N–H and O–H groups in total. The Hall–Kier alpha value is -1.90. The number of aliphatic hydroxyl groups excluding tert-OH is 2. The van der Waals surface area contributed by atoms with Crippen molar-refractivity contribution in [2.45, 2.75) is 47.6 Å². The van der Waals surface area contributed by atoms with Gasteiger partial charge in [0.2, 0.25) is 0 Å². The van der Waals surface area contributed by atoms with Gasteiger partial charge in [0, 0.05) is 0 Å². The summed E-state index contributed by atoms with van der Waals surface area (Å²) in [6.07, 6.45) is -5.52. The average Bonchev–Trinajstić information content (AvgIpc) is 2.79. The first-order valence-electron chi connectivity index (χ1n) is 10.4. The predicted octanol–water partition coefficient (Wildman–Crippen LogP) is 0.266. The first kappa shape index (κ1) is 24.2. The van der Waals surface area contributed by atoms with Crippen LogP contribution in [0.1, 0.15) is 12.5 Å². The van der Waals surface area contributed by atoms with Gasteiger partial charge in [0.05, 0.1) is 24.4 Å². The molecule has 2 aromatic carbocycles. The van der Waals surface area contributed by atoms with Gasteiger partial charge in [-0.15, -0.1) is 0 Å². The Balaban J connectivity index is 1.67. The van der Waals surface area contributed by atoms with Crippen LogP contribution in [0.15, 0.2) is 58.3 Å². The zero-order valence-corrected chi connectivity index (χ0v) is 19.5. The van der Waals surface area contributed by atoms with Gasteiger partial charge in [-0.05, 0) is 38.1 Å². The summed E-state index contributed by atoms with van der Waals surface area (Å²) in [4.78, 5) is -0.347. The number of benzene rings is 2. The first-order chi connectivity index (χ1) is 15.8. The highest BCUT2D eigenvalue weighted by Gasteiger charge is 2.49. The fraction of sp³-hybridized carbons (Fsp3) is 0.429. The van der Waals surface area contributed by atoms with Crippen molar-refractivity contribution in [3.05, 3.63) is 59.7 Å². The minimum Gasteiger partial charge on any atom is -0.387 e. The lowest BCUT2D eigenvalue weighted by molar-refractivity contribution is -0.245. The standard InChI is InChI=1S/C21H26O10S2/c1-14-3-7-16(8-4-14)32(25,26)30-11-18-19(22)20(23)21(24,12-29-18)13-31-33(27,28)17-9-5-15(2)6-10-17/h3-10,18-20,22-24H,11-13H2,1-2H3/t18-,19-,20+,21-/m1/s1/i12D/t12?,18-,19-,20+,21-. The van der Waals surface area contributed by atoms with Gasteiger partial charge in [0.1, 0.15) is 30.5 Å². The molecule has 12 heteroatoms. The van der Waals surface area contributed by atoms with E-state index in [-0.39, 0.29) is 9.79 Å². The maximum Gasteiger partial charge on any atom is 0.297 e. The summed E-state index contributed by atoms with van der Waals surface area (Å²) in [5, 5.41) is 31.5. The second-order valence-corrected chi connectivity index (χ2v) is 11.0. The fourth-order valence-corrected chi connectivity index (χ4v) is 4.85. The molecule has 33 heavy (non-hydrogen) atoms. The molecule has 0 amide bonds. The van der Waals surface area contributed by atoms with E-state index in [2.05, 4.69) is 0 Å². The van der Waals surface area contributed by atoms with E-state index in [1.165, 1.54) is 36.4 Å². The van der Waals surface area contributed by atoms with Crippen molar-refractivity contribution in [3.63, 3.8) is 0 Å². The summed E-state index contributed by atoms with van der Waals surface area (Å²) in [5.41, 5.74) is -1.000. The molecule has 1 unspecified atom stereocenters. The van der Waals surface area contributed by atoms with Crippen molar-refractivity contribution in [1.29, 1.82) is 0 Å². The third-order valence-corrected chi connectivity index (χ3v) is 7.69. The summed E-state index contributed by atoms with van der Waals surface area (Å²) >= 11 is 0. The van der Waals surface area contributed by atoms with Crippen LogP contribution in [-0.4, -0.2) is 75.9 Å². The summed E-state index contributed by atoms with van der Waals surface area (Å²) in [7, 11) is -8.58. The van der Waals surface area contributed by atoms with Crippen LogP contribution in [0.5, 0.6) is 0 Å². The van der Waals surface area contributed by atoms with Crippen molar-refractivity contribution in [3.8, 4) is 0 Å². The molecule has 0 aromatic heterocycles. The monoisotopic (exact) mass is 503 g/mol. The molecule has 1 fully saturated rings. The number of hydrogen-bond donors (Lipinski definition) is 3. The van der Waals surface area contributed by atoms with E-state index >= 15 is 0 Å². The molecular weight excluding hydrogens is 476 g/mol. The molecule has 1 saturated heterocycles. The normalized spacial score (nSPS) is 28.9. The minimum absolute atomic E-state index is 0.141. The molecule has 1 heterocycles. The Bertz CT molecular complexity index is 1200. The van der Waals surface area contributed by atoms with Crippen LogP contribution in [0.4, 0.5) is 0 Å². The molecule has 0 saturated carbocycles. The number of hydrogen-bond acceptors (Lipinski definition) is 10. The highest BCUT2D eigenvalue weighted by Crippen LogP contribution is 2.27. The van der Waals surface area contributed by atoms with Gasteiger partial charge in [-0.1, -0.05) is 35.4 Å². The van der Waals surface area contributed by atoms with Gasteiger partial charge in [0.25, 0.3) is 20.2 Å². The Labute approximate surface area is 194 Å². The van der Waals surface area contributed by atoms with E-state index in [9.17, 15) is 32.2 Å². The van der Waals surface area contributed by atoms with Crippen LogP contribution in [-0.2, 0) is 33.3 Å². The average molecular weight is 504 g/mol. The molecule has 0 radical (unpaired) electrons. The molecule has 1 aliphatic heterocycles. The predicted molar refractivity (Wildman–Crippen MR) is 115 cm³/mol. The van der Waals surface area contributed by atoms with E-state index in [0.29, 0.717) is 0 Å². The molecule has 0 bridgehead atoms. The Kier molecular flexibility index (Phi) is 7.17. The first-order valence-corrected chi connectivity index (χ1v) is 12.7. The SMILES string of the molecule is [2H]C1O[C@H](COS(=O)(=O)c2ccc(C)cc2)[C@@H](O)[C@H](O)[C@]1(O)COS(=O)(=O)c1ccc(C)cc1. The maximum atomic E-state index is 12.4. The third-order valence-electron chi connectivity index (χ3n) is 5.12. The molecule has 182 valence electrons. The highest BCUT2D eigenvalue weighted by atomic mass is 32.2. The summed E-state index contributed by atoms with van der Waals surface area (Å²) in [6.45, 7) is -0.313. The van der Waals surface area contributed by atoms with Crippen molar-refractivity contribution >= 4 is 20.2 Å². The van der Waals surface area contributed by atoms with E-state index in [1.54, 1.807) is 26.0 Å². The van der Waals surface area contributed by atoms with E-state index in [1.807, 2.05) is 0 Å². The van der Waals surface area contributed by atoms with Gasteiger partial charge < -0.3 is 20.1 Å². The topological polar surface area (TPSA) is 157 Å². The molecule has 10 nitrogen and oxygen atoms in total. The van der Waals surface area contributed by atoms with Gasteiger partial charge in [-0.25, -0.2) is 0 Å². The van der Waals surface area contributed by atoms with Crippen LogP contribution >= 0.6 is 0 Å². The Morgan fingerprint density at radius 2 is 1.39 bits per heavy atom. The van der Waals surface area contributed by atoms with Crippen molar-refractivity contribution < 1.29 is 46.6 Å². The summed E-state index contributed by atoms with van der Waals surface area (Å²) < 4.78 is 72.4. The molecule has 5 atom stereocenters. The Morgan fingerprint density at radius 1 is 0.939 bits per heavy atom. The van der Waals surface area contributed by atoms with Gasteiger partial charge in [-0.3, -0.25) is 8.37 Å². The maximum absolute atomic E-state index is 12.4. The summed E-state index contributed by atoms with van der Waals surface area (Å²) in [6, 6.07) is 11.4. The van der Waals surface area contributed by atoms with Gasteiger partial charge >= 0.3 is 0 Å². The smallest absolute Gasteiger partial charge is 0.297 e. The second kappa shape index (κ2) is 9.76. The van der Waals surface area contributed by atoms with E-state index in [4.69, 9.17) is 14.5 Å². The lowest BCUT2D eigenvalue weighted by Crippen LogP contribution is -2.64. The lowest BCUT2D eigenvalue weighted by Gasteiger charge is -2.42. The zero-order valence-electron chi connectivity index (χ0n) is 18.9. The molecule has 1 aliphatic rings. The number of aryl methyl sites for hydroxylation is 2. The number of aliphatic hydroxyl groups is 3. The third kappa shape index (κ3) is 5.97. The fourth-order valence-electron chi connectivity index (χ4n) is 2.99. The highest BCUT2D eigenvalue weighted by molar-refractivity contribution is 7.87. The van der Waals surface area contributed by atoms with Crippen LogP contribution in [0.25, 0.3) is 0 Å². The zero-order chi connectivity index (χ0) is 25.3. The molecule has 3 rings (SSSR count). The molecule has 2 aromatic rings. The summed E-state index contributed by atoms with van der Waals surface area (Å²) in [5.74, 6) is 0. The van der Waals surface area contributed by atoms with E-state index in [0.717, 1.165) is 11.1 Å². The van der Waals surface area contributed by atoms with Crippen molar-refractivity contribution in [2.75, 3.05) is 19.8 Å². The number of ether oxygens (including phenoxy) is 1. The minimum atomic E-state index is -4.35. The van der Waals surface area contributed by atoms with Crippen molar-refractivity contribution in [1.82, 2.24) is 0 Å². The van der Waals surface area contributed by atoms with E-state index < -0.39 is 63.9 Å². The molecular formula is C21H26O10S2. The van der Waals surface area contributed by atoms with Crippen molar-refractivity contribution in [2.24, 2.45) is 0 Å². The van der Waals surface area contributed by atoms with Crippen LogP contribution in [0.3, 0.4) is 0 Å².